The van der Waals surface area contributed by atoms with Crippen molar-refractivity contribution in [2.45, 2.75) is 6.42 Å². The first-order chi connectivity index (χ1) is 9.72. The van der Waals surface area contributed by atoms with Gasteiger partial charge in [-0.1, -0.05) is 12.1 Å². The summed E-state index contributed by atoms with van der Waals surface area (Å²) in [6.45, 7) is 0. The third kappa shape index (κ3) is 2.60. The minimum atomic E-state index is -0.879. The summed E-state index contributed by atoms with van der Waals surface area (Å²) in [5, 5.41) is 16.5. The van der Waals surface area contributed by atoms with Crippen LogP contribution in [0.1, 0.15) is 5.69 Å². The molecule has 2 heterocycles. The quantitative estimate of drug-likeness (QED) is 0.770. The number of pyridine rings is 1. The molecule has 0 amide bonds. The molecule has 3 rings (SSSR count). The predicted octanol–water partition coefficient (Wildman–Crippen LogP) is 3.06. The van der Waals surface area contributed by atoms with Crippen LogP contribution in [0.15, 0.2) is 42.0 Å². The Hall–Kier alpha value is -2.47. The molecule has 100 valence electrons. The standard InChI is InChI=1S/C14H11N3O2S/c18-13(19)6-10-8-20-14(16-10)17-12-3-1-2-9-4-5-15-7-11(9)12/h1-5,7-8H,6H2,(H,16,17)(H,18,19). The van der Waals surface area contributed by atoms with Gasteiger partial charge in [-0.3, -0.25) is 9.78 Å². The summed E-state index contributed by atoms with van der Waals surface area (Å²) in [4.78, 5) is 19.0. The van der Waals surface area contributed by atoms with Gasteiger partial charge in [0.1, 0.15) is 0 Å². The monoisotopic (exact) mass is 285 g/mol. The summed E-state index contributed by atoms with van der Waals surface area (Å²) in [6, 6.07) is 7.86. The van der Waals surface area contributed by atoms with Gasteiger partial charge in [-0.15, -0.1) is 11.3 Å². The Morgan fingerprint density at radius 2 is 2.25 bits per heavy atom. The SMILES string of the molecule is O=C(O)Cc1csc(Nc2cccc3ccncc23)n1. The number of aliphatic carboxylic acids is 1. The lowest BCUT2D eigenvalue weighted by atomic mass is 10.1. The molecule has 0 atom stereocenters. The maximum atomic E-state index is 10.6. The van der Waals surface area contributed by atoms with E-state index in [-0.39, 0.29) is 6.42 Å². The molecule has 0 radical (unpaired) electrons. The van der Waals surface area contributed by atoms with Crippen molar-refractivity contribution < 1.29 is 9.90 Å². The molecule has 0 spiro atoms. The van der Waals surface area contributed by atoms with Gasteiger partial charge in [0.2, 0.25) is 0 Å². The Kier molecular flexibility index (Phi) is 3.30. The molecule has 0 saturated heterocycles. The second-order valence-electron chi connectivity index (χ2n) is 4.24. The smallest absolute Gasteiger partial charge is 0.309 e. The van der Waals surface area contributed by atoms with Crippen molar-refractivity contribution in [3.05, 3.63) is 47.7 Å². The Balaban J connectivity index is 1.89. The molecule has 5 nitrogen and oxygen atoms in total. The third-order valence-electron chi connectivity index (χ3n) is 2.81. The first-order valence-electron chi connectivity index (χ1n) is 5.98. The fourth-order valence-corrected chi connectivity index (χ4v) is 2.66. The zero-order chi connectivity index (χ0) is 13.9. The fraction of sp³-hybridized carbons (Fsp3) is 0.0714. The Bertz CT molecular complexity index is 764. The number of nitrogens with zero attached hydrogens (tertiary/aromatic N) is 2. The number of nitrogens with one attached hydrogen (secondary N) is 1. The molecule has 3 aromatic rings. The number of anilines is 2. The maximum absolute atomic E-state index is 10.6. The average molecular weight is 285 g/mol. The number of carbonyl (C=O) groups is 1. The molecular weight excluding hydrogens is 274 g/mol. The number of benzene rings is 1. The van der Waals surface area contributed by atoms with Crippen LogP contribution in [0.2, 0.25) is 0 Å². The van der Waals surface area contributed by atoms with Crippen molar-refractivity contribution in [2.75, 3.05) is 5.32 Å². The molecule has 0 aliphatic heterocycles. The molecular formula is C14H11N3O2S. The van der Waals surface area contributed by atoms with Crippen LogP contribution in [-0.2, 0) is 11.2 Å². The molecule has 0 aliphatic carbocycles. The average Bonchev–Trinajstić information content (AvgIpc) is 2.86. The summed E-state index contributed by atoms with van der Waals surface area (Å²) >= 11 is 1.39. The summed E-state index contributed by atoms with van der Waals surface area (Å²) in [5.41, 5.74) is 1.47. The van der Waals surface area contributed by atoms with Crippen molar-refractivity contribution in [1.29, 1.82) is 0 Å². The van der Waals surface area contributed by atoms with Gasteiger partial charge in [-0.2, -0.15) is 0 Å². The van der Waals surface area contributed by atoms with Crippen LogP contribution in [0.25, 0.3) is 10.8 Å². The van der Waals surface area contributed by atoms with Gasteiger partial charge in [-0.25, -0.2) is 4.98 Å². The molecule has 1 aromatic carbocycles. The lowest BCUT2D eigenvalue weighted by molar-refractivity contribution is -0.136. The molecule has 6 heteroatoms. The molecule has 0 fully saturated rings. The topological polar surface area (TPSA) is 75.1 Å². The van der Waals surface area contributed by atoms with E-state index in [1.54, 1.807) is 17.8 Å². The zero-order valence-corrected chi connectivity index (χ0v) is 11.2. The van der Waals surface area contributed by atoms with Crippen LogP contribution in [0.4, 0.5) is 10.8 Å². The second kappa shape index (κ2) is 5.26. The number of hydrogen-bond donors (Lipinski definition) is 2. The first kappa shape index (κ1) is 12.6. The Labute approximate surface area is 118 Å². The molecule has 0 bridgehead atoms. The number of carboxylic acids is 1. The predicted molar refractivity (Wildman–Crippen MR) is 78.5 cm³/mol. The highest BCUT2D eigenvalue weighted by Crippen LogP contribution is 2.27. The van der Waals surface area contributed by atoms with Crippen LogP contribution in [0.5, 0.6) is 0 Å². The maximum Gasteiger partial charge on any atom is 0.309 e. The number of carboxylic acid groups (broad SMARTS) is 1. The third-order valence-corrected chi connectivity index (χ3v) is 3.62. The summed E-state index contributed by atoms with van der Waals surface area (Å²) < 4.78 is 0. The number of fused-ring (bicyclic) bond motifs is 1. The Morgan fingerprint density at radius 1 is 1.35 bits per heavy atom. The van der Waals surface area contributed by atoms with Crippen LogP contribution in [0, 0.1) is 0 Å². The van der Waals surface area contributed by atoms with Crippen molar-refractivity contribution in [3.63, 3.8) is 0 Å². The van der Waals surface area contributed by atoms with Crippen molar-refractivity contribution in [2.24, 2.45) is 0 Å². The molecule has 20 heavy (non-hydrogen) atoms. The van der Waals surface area contributed by atoms with Gasteiger partial charge in [0.05, 0.1) is 12.1 Å². The minimum absolute atomic E-state index is 0.0602. The molecule has 0 unspecified atom stereocenters. The van der Waals surface area contributed by atoms with Crippen molar-refractivity contribution >= 4 is 38.9 Å². The van der Waals surface area contributed by atoms with Gasteiger partial charge >= 0.3 is 5.97 Å². The van der Waals surface area contributed by atoms with Gasteiger partial charge < -0.3 is 10.4 Å². The summed E-state index contributed by atoms with van der Waals surface area (Å²) in [5.74, 6) is -0.879. The van der Waals surface area contributed by atoms with E-state index in [4.69, 9.17) is 5.11 Å². The van der Waals surface area contributed by atoms with Gasteiger partial charge in [0.25, 0.3) is 0 Å². The van der Waals surface area contributed by atoms with Crippen molar-refractivity contribution in [1.82, 2.24) is 9.97 Å². The highest BCUT2D eigenvalue weighted by atomic mass is 32.1. The van der Waals surface area contributed by atoms with E-state index in [1.807, 2.05) is 24.3 Å². The zero-order valence-electron chi connectivity index (χ0n) is 10.4. The van der Waals surface area contributed by atoms with Crippen molar-refractivity contribution in [3.8, 4) is 0 Å². The first-order valence-corrected chi connectivity index (χ1v) is 6.86. The normalized spacial score (nSPS) is 10.6. The van der Waals surface area contributed by atoms with Crippen LogP contribution >= 0.6 is 11.3 Å². The highest BCUT2D eigenvalue weighted by molar-refractivity contribution is 7.13. The van der Waals surface area contributed by atoms with E-state index in [9.17, 15) is 4.79 Å². The van der Waals surface area contributed by atoms with E-state index in [0.717, 1.165) is 16.5 Å². The van der Waals surface area contributed by atoms with E-state index >= 15 is 0 Å². The van der Waals surface area contributed by atoms with E-state index in [2.05, 4.69) is 15.3 Å². The number of aromatic nitrogens is 2. The molecule has 0 saturated carbocycles. The Morgan fingerprint density at radius 3 is 3.10 bits per heavy atom. The molecule has 2 aromatic heterocycles. The number of thiazole rings is 1. The fourth-order valence-electron chi connectivity index (χ4n) is 1.94. The second-order valence-corrected chi connectivity index (χ2v) is 5.10. The van der Waals surface area contributed by atoms with Gasteiger partial charge in [0.15, 0.2) is 5.13 Å². The summed E-state index contributed by atoms with van der Waals surface area (Å²) in [7, 11) is 0. The van der Waals surface area contributed by atoms with E-state index < -0.39 is 5.97 Å². The lowest BCUT2D eigenvalue weighted by Crippen LogP contribution is -2.00. The van der Waals surface area contributed by atoms with Crippen LogP contribution < -0.4 is 5.32 Å². The largest absolute Gasteiger partial charge is 0.481 e. The van der Waals surface area contributed by atoms with Crippen LogP contribution in [0.3, 0.4) is 0 Å². The van der Waals surface area contributed by atoms with Gasteiger partial charge in [-0.05, 0) is 17.5 Å². The minimum Gasteiger partial charge on any atom is -0.481 e. The summed E-state index contributed by atoms with van der Waals surface area (Å²) in [6.07, 6.45) is 3.49. The molecule has 0 aliphatic rings. The van der Waals surface area contributed by atoms with Gasteiger partial charge in [0, 0.05) is 28.8 Å². The highest BCUT2D eigenvalue weighted by Gasteiger charge is 2.07. The van der Waals surface area contributed by atoms with Crippen LogP contribution in [-0.4, -0.2) is 21.0 Å². The molecule has 2 N–H and O–H groups in total. The number of rotatable bonds is 4. The van der Waals surface area contributed by atoms with E-state index in [1.165, 1.54) is 11.3 Å². The number of hydrogen-bond acceptors (Lipinski definition) is 5. The lowest BCUT2D eigenvalue weighted by Gasteiger charge is -2.06. The van der Waals surface area contributed by atoms with E-state index in [0.29, 0.717) is 10.8 Å².